The van der Waals surface area contributed by atoms with E-state index in [4.69, 9.17) is 9.47 Å². The van der Waals surface area contributed by atoms with E-state index < -0.39 is 0 Å². The third-order valence-corrected chi connectivity index (χ3v) is 2.73. The van der Waals surface area contributed by atoms with E-state index in [0.717, 1.165) is 22.6 Å². The standard InChI is InChI=1S/C15H14O3/c1-17-13-7-3-11(4-8-13)15(16)12-5-9-14(18-2)10-6-12/h3-10H,1-2H3/p+1. The van der Waals surface area contributed by atoms with Crippen molar-refractivity contribution >= 4 is 5.78 Å². The van der Waals surface area contributed by atoms with E-state index in [1.807, 2.05) is 48.5 Å². The summed E-state index contributed by atoms with van der Waals surface area (Å²) in [4.78, 5) is 10.2. The van der Waals surface area contributed by atoms with Crippen LogP contribution in [0.2, 0.25) is 0 Å². The number of methoxy groups -OCH3 is 2. The van der Waals surface area contributed by atoms with E-state index in [0.29, 0.717) is 0 Å². The third kappa shape index (κ3) is 2.51. The van der Waals surface area contributed by atoms with Gasteiger partial charge in [0.1, 0.15) is 11.5 Å². The smallest absolute Gasteiger partial charge is 0.354 e. The second-order valence-electron chi connectivity index (χ2n) is 3.81. The van der Waals surface area contributed by atoms with Crippen molar-refractivity contribution < 1.29 is 14.3 Å². The summed E-state index contributed by atoms with van der Waals surface area (Å²) >= 11 is 0. The molecule has 0 spiro atoms. The summed E-state index contributed by atoms with van der Waals surface area (Å²) in [5, 5.41) is 0. The molecule has 0 aliphatic carbocycles. The van der Waals surface area contributed by atoms with Gasteiger partial charge in [-0.3, -0.25) is 4.79 Å². The molecule has 0 heterocycles. The lowest BCUT2D eigenvalue weighted by molar-refractivity contribution is 0.414. The Hall–Kier alpha value is -2.29. The predicted octanol–water partition coefficient (Wildman–Crippen LogP) is 2.65. The van der Waals surface area contributed by atoms with Gasteiger partial charge in [-0.1, -0.05) is 0 Å². The molecule has 92 valence electrons. The molecular formula is C15H15O3+. The molecule has 0 saturated heterocycles. The Labute approximate surface area is 106 Å². The van der Waals surface area contributed by atoms with E-state index in [2.05, 4.69) is 0 Å². The van der Waals surface area contributed by atoms with Gasteiger partial charge in [0.05, 0.1) is 25.3 Å². The maximum Gasteiger partial charge on any atom is 0.354 e. The zero-order valence-corrected chi connectivity index (χ0v) is 10.4. The average molecular weight is 243 g/mol. The molecule has 3 heteroatoms. The lowest BCUT2D eigenvalue weighted by Crippen LogP contribution is -2.02. The monoisotopic (exact) mass is 243 g/mol. The summed E-state index contributed by atoms with van der Waals surface area (Å²) in [6.07, 6.45) is 0. The van der Waals surface area contributed by atoms with Gasteiger partial charge in [0.25, 0.3) is 0 Å². The van der Waals surface area contributed by atoms with Crippen molar-refractivity contribution in [1.82, 2.24) is 0 Å². The van der Waals surface area contributed by atoms with Crippen molar-refractivity contribution in [1.29, 1.82) is 0 Å². The topological polar surface area (TPSA) is 39.9 Å². The Morgan fingerprint density at radius 1 is 0.722 bits per heavy atom. The first-order valence-electron chi connectivity index (χ1n) is 5.59. The van der Waals surface area contributed by atoms with Crippen molar-refractivity contribution in [2.75, 3.05) is 14.2 Å². The maximum absolute atomic E-state index is 10.2. The van der Waals surface area contributed by atoms with Crippen molar-refractivity contribution in [2.24, 2.45) is 0 Å². The van der Waals surface area contributed by atoms with Crippen molar-refractivity contribution in [2.45, 2.75) is 0 Å². The van der Waals surface area contributed by atoms with Crippen molar-refractivity contribution in [3.63, 3.8) is 0 Å². The molecule has 2 aromatic rings. The van der Waals surface area contributed by atoms with Crippen LogP contribution < -0.4 is 9.47 Å². The highest BCUT2D eigenvalue weighted by Crippen LogP contribution is 2.17. The van der Waals surface area contributed by atoms with Gasteiger partial charge in [-0.15, -0.1) is 0 Å². The maximum atomic E-state index is 10.2. The Morgan fingerprint density at radius 3 is 1.33 bits per heavy atom. The molecule has 0 saturated carbocycles. The average Bonchev–Trinajstić information content (AvgIpc) is 2.47. The fraction of sp³-hybridized carbons (Fsp3) is 0.133. The van der Waals surface area contributed by atoms with Gasteiger partial charge in [-0.2, -0.15) is 0 Å². The molecule has 18 heavy (non-hydrogen) atoms. The van der Waals surface area contributed by atoms with E-state index in [1.54, 1.807) is 14.2 Å². The van der Waals surface area contributed by atoms with Gasteiger partial charge < -0.3 is 9.47 Å². The first-order valence-corrected chi connectivity index (χ1v) is 5.59. The number of carbonyl (C=O) groups excluding carboxylic acids is 1. The number of rotatable bonds is 4. The van der Waals surface area contributed by atoms with E-state index in [9.17, 15) is 4.79 Å². The molecule has 0 unspecified atom stereocenters. The Kier molecular flexibility index (Phi) is 3.63. The molecule has 3 nitrogen and oxygen atoms in total. The molecule has 0 aliphatic heterocycles. The van der Waals surface area contributed by atoms with Crippen LogP contribution in [0, 0.1) is 0 Å². The number of ether oxygens (including phenoxy) is 2. The third-order valence-electron chi connectivity index (χ3n) is 2.73. The molecule has 0 atom stereocenters. The molecule has 0 amide bonds. The minimum absolute atomic E-state index is 0.236. The fourth-order valence-electron chi connectivity index (χ4n) is 1.66. The Morgan fingerprint density at radius 2 is 1.06 bits per heavy atom. The number of hydrogen-bond donors (Lipinski definition) is 0. The molecule has 1 N–H and O–H groups in total. The second kappa shape index (κ2) is 5.36. The van der Waals surface area contributed by atoms with Crippen LogP contribution in [0.3, 0.4) is 0 Å². The van der Waals surface area contributed by atoms with Crippen LogP contribution in [0.5, 0.6) is 11.5 Å². The van der Waals surface area contributed by atoms with Gasteiger partial charge >= 0.3 is 5.78 Å². The molecule has 0 radical (unpaired) electrons. The lowest BCUT2D eigenvalue weighted by atomic mass is 10.0. The fourth-order valence-corrected chi connectivity index (χ4v) is 1.66. The number of ketones is 1. The van der Waals surface area contributed by atoms with Gasteiger partial charge in [0.15, 0.2) is 0 Å². The summed E-state index contributed by atoms with van der Waals surface area (Å²) in [6, 6.07) is 14.5. The highest BCUT2D eigenvalue weighted by atomic mass is 16.5. The summed E-state index contributed by atoms with van der Waals surface area (Å²) in [5.74, 6) is 1.77. The minimum Gasteiger partial charge on any atom is -0.497 e. The van der Waals surface area contributed by atoms with Crippen LogP contribution in [0.15, 0.2) is 48.5 Å². The summed E-state index contributed by atoms with van der Waals surface area (Å²) in [7, 11) is 3.23. The molecule has 2 rings (SSSR count). The molecule has 0 fully saturated rings. The second-order valence-corrected chi connectivity index (χ2v) is 3.81. The highest BCUT2D eigenvalue weighted by Gasteiger charge is 2.15. The SMILES string of the molecule is COc1ccc(C(=[OH+])c2ccc(OC)cc2)cc1. The summed E-state index contributed by atoms with van der Waals surface area (Å²) < 4.78 is 10.2. The zero-order chi connectivity index (χ0) is 13.0. The van der Waals surface area contributed by atoms with Crippen LogP contribution >= 0.6 is 0 Å². The molecule has 0 bridgehead atoms. The van der Waals surface area contributed by atoms with Crippen molar-refractivity contribution in [3.05, 3.63) is 59.7 Å². The first-order chi connectivity index (χ1) is 8.74. The quantitative estimate of drug-likeness (QED) is 0.611. The Bertz CT molecular complexity index is 477. The largest absolute Gasteiger partial charge is 0.497 e. The van der Waals surface area contributed by atoms with Gasteiger partial charge in [0, 0.05) is 0 Å². The van der Waals surface area contributed by atoms with Crippen LogP contribution in [-0.2, 0) is 0 Å². The van der Waals surface area contributed by atoms with Crippen LogP contribution in [0.4, 0.5) is 0 Å². The highest BCUT2D eigenvalue weighted by molar-refractivity contribution is 6.09. The zero-order valence-electron chi connectivity index (χ0n) is 10.4. The van der Waals surface area contributed by atoms with Gasteiger partial charge in [-0.25, -0.2) is 0 Å². The first kappa shape index (κ1) is 12.2. The lowest BCUT2D eigenvalue weighted by Gasteiger charge is -2.01. The molecule has 0 aliphatic rings. The van der Waals surface area contributed by atoms with Crippen LogP contribution in [0.25, 0.3) is 0 Å². The number of benzene rings is 2. The van der Waals surface area contributed by atoms with E-state index in [1.165, 1.54) is 0 Å². The predicted molar refractivity (Wildman–Crippen MR) is 71.1 cm³/mol. The summed E-state index contributed by atoms with van der Waals surface area (Å²) in [6.45, 7) is 0. The normalized spacial score (nSPS) is 9.89. The minimum atomic E-state index is 0.236. The molecule has 0 aromatic heterocycles. The molecule has 2 aromatic carbocycles. The van der Waals surface area contributed by atoms with E-state index >= 15 is 0 Å². The Balaban J connectivity index is 2.23. The summed E-state index contributed by atoms with van der Waals surface area (Å²) in [5.41, 5.74) is 1.50. The van der Waals surface area contributed by atoms with Crippen LogP contribution in [-0.4, -0.2) is 24.8 Å². The van der Waals surface area contributed by atoms with Gasteiger partial charge in [0.2, 0.25) is 0 Å². The molecular weight excluding hydrogens is 228 g/mol. The van der Waals surface area contributed by atoms with Crippen LogP contribution in [0.1, 0.15) is 11.1 Å². The number of hydrogen-bond acceptors (Lipinski definition) is 2. The van der Waals surface area contributed by atoms with E-state index in [-0.39, 0.29) is 5.78 Å². The van der Waals surface area contributed by atoms with Crippen molar-refractivity contribution in [3.8, 4) is 11.5 Å². The van der Waals surface area contributed by atoms with Gasteiger partial charge in [-0.05, 0) is 48.5 Å².